The molecule has 2 aromatic carbocycles. The van der Waals surface area contributed by atoms with Crippen LogP contribution < -0.4 is 10.1 Å². The number of nitrogens with one attached hydrogen (secondary N) is 1. The second-order valence-electron chi connectivity index (χ2n) is 8.97. The molecule has 0 amide bonds. The van der Waals surface area contributed by atoms with Gasteiger partial charge in [-0.2, -0.15) is 0 Å². The Morgan fingerprint density at radius 1 is 0.645 bits per heavy atom. The quantitative estimate of drug-likeness (QED) is 0.227. The SMILES string of the molecule is CCCCCCCCCCCCCCCCNCc1c(OCC)ccc2ccccc12. The molecule has 31 heavy (non-hydrogen) atoms. The molecule has 2 aromatic rings. The van der Waals surface area contributed by atoms with Crippen molar-refractivity contribution in [2.75, 3.05) is 13.2 Å². The maximum atomic E-state index is 5.88. The van der Waals surface area contributed by atoms with E-state index in [1.807, 2.05) is 0 Å². The molecule has 2 rings (SSSR count). The number of ether oxygens (including phenoxy) is 1. The molecule has 0 bridgehead atoms. The van der Waals surface area contributed by atoms with Crippen molar-refractivity contribution in [1.29, 1.82) is 0 Å². The summed E-state index contributed by atoms with van der Waals surface area (Å²) in [7, 11) is 0. The highest BCUT2D eigenvalue weighted by Gasteiger charge is 2.08. The average molecular weight is 426 g/mol. The highest BCUT2D eigenvalue weighted by Crippen LogP contribution is 2.28. The van der Waals surface area contributed by atoms with Crippen LogP contribution in [0.5, 0.6) is 5.75 Å². The molecule has 0 saturated carbocycles. The van der Waals surface area contributed by atoms with E-state index in [9.17, 15) is 0 Å². The lowest BCUT2D eigenvalue weighted by Gasteiger charge is -2.14. The van der Waals surface area contributed by atoms with E-state index < -0.39 is 0 Å². The Kier molecular flexibility index (Phi) is 14.2. The van der Waals surface area contributed by atoms with Crippen molar-refractivity contribution < 1.29 is 4.74 Å². The number of hydrogen-bond donors (Lipinski definition) is 1. The van der Waals surface area contributed by atoms with Gasteiger partial charge in [-0.1, -0.05) is 121 Å². The molecule has 0 aliphatic rings. The Morgan fingerprint density at radius 3 is 1.84 bits per heavy atom. The largest absolute Gasteiger partial charge is 0.494 e. The Morgan fingerprint density at radius 2 is 1.23 bits per heavy atom. The predicted molar refractivity (Wildman–Crippen MR) is 137 cm³/mol. The molecule has 1 N–H and O–H groups in total. The molecule has 0 atom stereocenters. The summed E-state index contributed by atoms with van der Waals surface area (Å²) in [5.41, 5.74) is 1.30. The number of rotatable bonds is 19. The Bertz CT molecular complexity index is 696. The van der Waals surface area contributed by atoms with Gasteiger partial charge in [0.05, 0.1) is 6.61 Å². The zero-order chi connectivity index (χ0) is 22.0. The lowest BCUT2D eigenvalue weighted by atomic mass is 10.0. The van der Waals surface area contributed by atoms with Crippen LogP contribution in [0.15, 0.2) is 36.4 Å². The van der Waals surface area contributed by atoms with E-state index in [1.54, 1.807) is 0 Å². The molecule has 0 aliphatic heterocycles. The van der Waals surface area contributed by atoms with E-state index in [0.29, 0.717) is 6.61 Å². The fourth-order valence-electron chi connectivity index (χ4n) is 4.45. The molecule has 174 valence electrons. The molecule has 0 aromatic heterocycles. The van der Waals surface area contributed by atoms with Crippen LogP contribution >= 0.6 is 0 Å². The lowest BCUT2D eigenvalue weighted by molar-refractivity contribution is 0.336. The van der Waals surface area contributed by atoms with Gasteiger partial charge in [-0.15, -0.1) is 0 Å². The molecule has 2 heteroatoms. The Labute approximate surface area is 192 Å². The predicted octanol–water partition coefficient (Wildman–Crippen LogP) is 8.81. The van der Waals surface area contributed by atoms with Crippen LogP contribution in [0.25, 0.3) is 10.8 Å². The van der Waals surface area contributed by atoms with Crippen molar-refractivity contribution in [3.63, 3.8) is 0 Å². The summed E-state index contributed by atoms with van der Waals surface area (Å²) in [4.78, 5) is 0. The van der Waals surface area contributed by atoms with Gasteiger partial charge in [-0.3, -0.25) is 0 Å². The fraction of sp³-hybridized carbons (Fsp3) is 0.655. The third kappa shape index (κ3) is 10.5. The third-order valence-electron chi connectivity index (χ3n) is 6.31. The number of fused-ring (bicyclic) bond motifs is 1. The minimum absolute atomic E-state index is 0.713. The second kappa shape index (κ2) is 17.1. The Balaban J connectivity index is 1.49. The van der Waals surface area contributed by atoms with Crippen molar-refractivity contribution in [1.82, 2.24) is 5.32 Å². The van der Waals surface area contributed by atoms with Crippen molar-refractivity contribution >= 4 is 10.8 Å². The zero-order valence-corrected chi connectivity index (χ0v) is 20.4. The first-order valence-corrected chi connectivity index (χ1v) is 13.2. The lowest BCUT2D eigenvalue weighted by Crippen LogP contribution is -2.16. The van der Waals surface area contributed by atoms with Gasteiger partial charge in [0, 0.05) is 12.1 Å². The van der Waals surface area contributed by atoms with Crippen LogP contribution in [-0.4, -0.2) is 13.2 Å². The van der Waals surface area contributed by atoms with E-state index in [-0.39, 0.29) is 0 Å². The maximum absolute atomic E-state index is 5.88. The van der Waals surface area contributed by atoms with E-state index in [1.165, 1.54) is 106 Å². The van der Waals surface area contributed by atoms with Crippen LogP contribution in [-0.2, 0) is 6.54 Å². The number of benzene rings is 2. The maximum Gasteiger partial charge on any atom is 0.124 e. The van der Waals surface area contributed by atoms with Gasteiger partial charge in [0.15, 0.2) is 0 Å². The van der Waals surface area contributed by atoms with Crippen LogP contribution in [0.3, 0.4) is 0 Å². The summed E-state index contributed by atoms with van der Waals surface area (Å²) < 4.78 is 5.88. The van der Waals surface area contributed by atoms with E-state index >= 15 is 0 Å². The first-order chi connectivity index (χ1) is 15.4. The second-order valence-corrected chi connectivity index (χ2v) is 8.97. The van der Waals surface area contributed by atoms with Crippen LogP contribution in [0.4, 0.5) is 0 Å². The first kappa shape index (κ1) is 25.7. The first-order valence-electron chi connectivity index (χ1n) is 13.2. The molecular weight excluding hydrogens is 378 g/mol. The third-order valence-corrected chi connectivity index (χ3v) is 6.31. The summed E-state index contributed by atoms with van der Waals surface area (Å²) in [6.07, 6.45) is 19.8. The summed E-state index contributed by atoms with van der Waals surface area (Å²) in [6.45, 7) is 7.04. The monoisotopic (exact) mass is 425 g/mol. The van der Waals surface area contributed by atoms with Crippen molar-refractivity contribution in [3.05, 3.63) is 42.0 Å². The topological polar surface area (TPSA) is 21.3 Å². The molecule has 2 nitrogen and oxygen atoms in total. The summed E-state index contributed by atoms with van der Waals surface area (Å²) in [5.74, 6) is 1.02. The molecule has 0 heterocycles. The summed E-state index contributed by atoms with van der Waals surface area (Å²) >= 11 is 0. The average Bonchev–Trinajstić information content (AvgIpc) is 2.80. The number of hydrogen-bond acceptors (Lipinski definition) is 2. The van der Waals surface area contributed by atoms with Gasteiger partial charge < -0.3 is 10.1 Å². The van der Waals surface area contributed by atoms with Crippen molar-refractivity contribution in [2.45, 2.75) is 110 Å². The smallest absolute Gasteiger partial charge is 0.124 e. The normalized spacial score (nSPS) is 11.3. The van der Waals surface area contributed by atoms with E-state index in [2.05, 4.69) is 55.6 Å². The van der Waals surface area contributed by atoms with E-state index in [0.717, 1.165) is 18.8 Å². The van der Waals surface area contributed by atoms with Gasteiger partial charge in [-0.25, -0.2) is 0 Å². The molecule has 0 aliphatic carbocycles. The van der Waals surface area contributed by atoms with Gasteiger partial charge in [-0.05, 0) is 36.7 Å². The van der Waals surface area contributed by atoms with Crippen molar-refractivity contribution in [3.8, 4) is 5.75 Å². The Hall–Kier alpha value is -1.54. The standard InChI is InChI=1S/C29H47NO/c1-3-5-6-7-8-9-10-11-12-13-14-15-16-19-24-30-25-28-27-21-18-17-20-26(27)22-23-29(28)31-4-2/h17-18,20-23,30H,3-16,19,24-25H2,1-2H3. The van der Waals surface area contributed by atoms with Crippen LogP contribution in [0.2, 0.25) is 0 Å². The highest BCUT2D eigenvalue weighted by molar-refractivity contribution is 5.87. The van der Waals surface area contributed by atoms with Gasteiger partial charge in [0.25, 0.3) is 0 Å². The van der Waals surface area contributed by atoms with Gasteiger partial charge in [0.1, 0.15) is 5.75 Å². The van der Waals surface area contributed by atoms with Gasteiger partial charge in [0.2, 0.25) is 0 Å². The zero-order valence-electron chi connectivity index (χ0n) is 20.4. The van der Waals surface area contributed by atoms with Crippen LogP contribution in [0, 0.1) is 0 Å². The summed E-state index contributed by atoms with van der Waals surface area (Å²) in [6, 6.07) is 12.9. The minimum Gasteiger partial charge on any atom is -0.494 e. The molecule has 0 unspecified atom stereocenters. The molecular formula is C29H47NO. The summed E-state index contributed by atoms with van der Waals surface area (Å²) in [5, 5.41) is 6.25. The van der Waals surface area contributed by atoms with Crippen LogP contribution in [0.1, 0.15) is 109 Å². The molecule has 0 spiro atoms. The highest BCUT2D eigenvalue weighted by atomic mass is 16.5. The van der Waals surface area contributed by atoms with Gasteiger partial charge >= 0.3 is 0 Å². The minimum atomic E-state index is 0.713. The fourth-order valence-corrected chi connectivity index (χ4v) is 4.45. The van der Waals surface area contributed by atoms with E-state index in [4.69, 9.17) is 4.74 Å². The molecule has 0 radical (unpaired) electrons. The molecule has 0 saturated heterocycles. The number of unbranched alkanes of at least 4 members (excludes halogenated alkanes) is 13. The molecule has 0 fully saturated rings. The van der Waals surface area contributed by atoms with Crippen molar-refractivity contribution in [2.24, 2.45) is 0 Å².